The molecular formula is C11H20N2O3. The van der Waals surface area contributed by atoms with Crippen LogP contribution in [0.25, 0.3) is 0 Å². The Morgan fingerprint density at radius 2 is 1.94 bits per heavy atom. The van der Waals surface area contributed by atoms with Gasteiger partial charge in [0.2, 0.25) is 0 Å². The molecule has 1 aliphatic carbocycles. The summed E-state index contributed by atoms with van der Waals surface area (Å²) in [6.45, 7) is 3.82. The minimum absolute atomic E-state index is 0.130. The number of carbonyl (C=O) groups excluding carboxylic acids is 1. The van der Waals surface area contributed by atoms with Gasteiger partial charge >= 0.3 is 12.0 Å². The molecule has 1 fully saturated rings. The van der Waals surface area contributed by atoms with E-state index in [0.717, 1.165) is 25.7 Å². The van der Waals surface area contributed by atoms with Gasteiger partial charge in [-0.1, -0.05) is 13.8 Å². The Morgan fingerprint density at radius 1 is 1.38 bits per heavy atom. The Balaban J connectivity index is 2.49. The van der Waals surface area contributed by atoms with E-state index < -0.39 is 5.97 Å². The largest absolute Gasteiger partial charge is 0.480 e. The maximum Gasteiger partial charge on any atom is 0.323 e. The van der Waals surface area contributed by atoms with Crippen LogP contribution in [0.3, 0.4) is 0 Å². The lowest BCUT2D eigenvalue weighted by Gasteiger charge is -2.24. The second-order valence-corrected chi connectivity index (χ2v) is 4.22. The molecule has 5 heteroatoms. The van der Waals surface area contributed by atoms with E-state index in [-0.39, 0.29) is 24.7 Å². The van der Waals surface area contributed by atoms with E-state index in [1.807, 2.05) is 13.8 Å². The summed E-state index contributed by atoms with van der Waals surface area (Å²) in [5.74, 6) is -0.952. The fourth-order valence-corrected chi connectivity index (χ4v) is 1.65. The zero-order valence-electron chi connectivity index (χ0n) is 9.90. The van der Waals surface area contributed by atoms with Gasteiger partial charge in [0.25, 0.3) is 0 Å². The third-order valence-corrected chi connectivity index (χ3v) is 2.87. The van der Waals surface area contributed by atoms with E-state index in [0.29, 0.717) is 0 Å². The number of nitrogens with zero attached hydrogens (tertiary/aromatic N) is 1. The molecule has 0 aliphatic heterocycles. The number of carboxylic acid groups (broad SMARTS) is 1. The minimum Gasteiger partial charge on any atom is -0.480 e. The van der Waals surface area contributed by atoms with E-state index in [1.54, 1.807) is 0 Å². The van der Waals surface area contributed by atoms with Gasteiger partial charge in [-0.05, 0) is 25.7 Å². The van der Waals surface area contributed by atoms with Gasteiger partial charge in [-0.2, -0.15) is 0 Å². The first kappa shape index (κ1) is 12.8. The fourth-order valence-electron chi connectivity index (χ4n) is 1.65. The van der Waals surface area contributed by atoms with E-state index in [9.17, 15) is 9.59 Å². The monoisotopic (exact) mass is 228 g/mol. The van der Waals surface area contributed by atoms with Crippen LogP contribution in [0, 0.1) is 0 Å². The normalized spacial score (nSPS) is 14.9. The van der Waals surface area contributed by atoms with Crippen LogP contribution in [0.2, 0.25) is 0 Å². The Morgan fingerprint density at radius 3 is 2.31 bits per heavy atom. The van der Waals surface area contributed by atoms with Crippen LogP contribution >= 0.6 is 0 Å². The van der Waals surface area contributed by atoms with Crippen molar-refractivity contribution in [2.45, 2.75) is 51.6 Å². The summed E-state index contributed by atoms with van der Waals surface area (Å²) >= 11 is 0. The van der Waals surface area contributed by atoms with Crippen molar-refractivity contribution in [3.8, 4) is 0 Å². The molecule has 2 amide bonds. The third-order valence-electron chi connectivity index (χ3n) is 2.87. The van der Waals surface area contributed by atoms with E-state index in [4.69, 9.17) is 5.11 Å². The molecule has 0 spiro atoms. The molecule has 0 bridgehead atoms. The minimum atomic E-state index is -0.952. The molecule has 0 radical (unpaired) electrons. The van der Waals surface area contributed by atoms with Gasteiger partial charge in [-0.25, -0.2) is 4.79 Å². The second-order valence-electron chi connectivity index (χ2n) is 4.22. The number of urea groups is 1. The first-order chi connectivity index (χ1) is 7.58. The number of rotatable bonds is 6. The van der Waals surface area contributed by atoms with Gasteiger partial charge in [0.15, 0.2) is 0 Å². The summed E-state index contributed by atoms with van der Waals surface area (Å²) in [5, 5.41) is 11.6. The van der Waals surface area contributed by atoms with Crippen LogP contribution in [0.1, 0.15) is 39.5 Å². The number of hydrogen-bond donors (Lipinski definition) is 2. The highest BCUT2D eigenvalue weighted by Crippen LogP contribution is 2.26. The number of amides is 2. The highest BCUT2D eigenvalue weighted by Gasteiger charge is 2.34. The first-order valence-electron chi connectivity index (χ1n) is 5.87. The fraction of sp³-hybridized carbons (Fsp3) is 0.818. The van der Waals surface area contributed by atoms with Crippen molar-refractivity contribution >= 4 is 12.0 Å². The lowest BCUT2D eigenvalue weighted by Crippen LogP contribution is -2.47. The van der Waals surface area contributed by atoms with Crippen molar-refractivity contribution in [3.63, 3.8) is 0 Å². The smallest absolute Gasteiger partial charge is 0.323 e. The highest BCUT2D eigenvalue weighted by molar-refractivity contribution is 5.80. The number of aliphatic carboxylic acids is 1. The maximum atomic E-state index is 11.8. The zero-order chi connectivity index (χ0) is 12.1. The molecule has 16 heavy (non-hydrogen) atoms. The molecule has 1 saturated carbocycles. The molecule has 1 aliphatic rings. The van der Waals surface area contributed by atoms with Crippen LogP contribution < -0.4 is 5.32 Å². The molecular weight excluding hydrogens is 208 g/mol. The van der Waals surface area contributed by atoms with Crippen LogP contribution in [-0.2, 0) is 4.79 Å². The average Bonchev–Trinajstić information content (AvgIpc) is 3.05. The van der Waals surface area contributed by atoms with Crippen LogP contribution in [-0.4, -0.2) is 40.6 Å². The van der Waals surface area contributed by atoms with E-state index >= 15 is 0 Å². The summed E-state index contributed by atoms with van der Waals surface area (Å²) < 4.78 is 0. The van der Waals surface area contributed by atoms with Crippen molar-refractivity contribution in [2.24, 2.45) is 0 Å². The van der Waals surface area contributed by atoms with Gasteiger partial charge in [0.05, 0.1) is 0 Å². The number of nitrogens with one attached hydrogen (secondary N) is 1. The van der Waals surface area contributed by atoms with Crippen LogP contribution in [0.5, 0.6) is 0 Å². The lowest BCUT2D eigenvalue weighted by atomic mass is 10.2. The standard InChI is InChI=1S/C11H20N2O3/c1-3-8(4-2)12-11(16)13(7-10(14)15)9-5-6-9/h8-9H,3-7H2,1-2H3,(H,12,16)(H,14,15). The molecule has 0 unspecified atom stereocenters. The van der Waals surface area contributed by atoms with Crippen LogP contribution in [0.4, 0.5) is 4.79 Å². The van der Waals surface area contributed by atoms with E-state index in [1.165, 1.54) is 4.90 Å². The SMILES string of the molecule is CCC(CC)NC(=O)N(CC(=O)O)C1CC1. The molecule has 92 valence electrons. The van der Waals surface area contributed by atoms with Gasteiger partial charge in [0.1, 0.15) is 6.54 Å². The number of hydrogen-bond acceptors (Lipinski definition) is 2. The molecule has 0 heterocycles. The third kappa shape index (κ3) is 3.72. The zero-order valence-corrected chi connectivity index (χ0v) is 9.90. The van der Waals surface area contributed by atoms with Crippen LogP contribution in [0.15, 0.2) is 0 Å². The molecule has 1 rings (SSSR count). The molecule has 0 aromatic heterocycles. The topological polar surface area (TPSA) is 69.6 Å². The van der Waals surface area contributed by atoms with Crippen molar-refractivity contribution < 1.29 is 14.7 Å². The Labute approximate surface area is 95.8 Å². The van der Waals surface area contributed by atoms with Gasteiger partial charge in [0, 0.05) is 12.1 Å². The summed E-state index contributed by atoms with van der Waals surface area (Å²) in [5.41, 5.74) is 0. The number of carbonyl (C=O) groups is 2. The second kappa shape index (κ2) is 5.72. The summed E-state index contributed by atoms with van der Waals surface area (Å²) in [6.07, 6.45) is 3.58. The van der Waals surface area contributed by atoms with Crippen molar-refractivity contribution in [2.75, 3.05) is 6.54 Å². The lowest BCUT2D eigenvalue weighted by molar-refractivity contribution is -0.137. The van der Waals surface area contributed by atoms with Gasteiger partial charge in [-0.15, -0.1) is 0 Å². The summed E-state index contributed by atoms with van der Waals surface area (Å²) in [6, 6.07) is 0.0339. The Hall–Kier alpha value is -1.26. The van der Waals surface area contributed by atoms with Gasteiger partial charge < -0.3 is 15.3 Å². The molecule has 0 atom stereocenters. The predicted molar refractivity (Wildman–Crippen MR) is 60.3 cm³/mol. The molecule has 0 aromatic carbocycles. The average molecular weight is 228 g/mol. The Bertz CT molecular complexity index is 260. The summed E-state index contributed by atoms with van der Waals surface area (Å²) in [4.78, 5) is 23.9. The first-order valence-corrected chi connectivity index (χ1v) is 5.87. The van der Waals surface area contributed by atoms with E-state index in [2.05, 4.69) is 5.32 Å². The highest BCUT2D eigenvalue weighted by atomic mass is 16.4. The number of carboxylic acids is 1. The maximum absolute atomic E-state index is 11.8. The van der Waals surface area contributed by atoms with Crippen molar-refractivity contribution in [3.05, 3.63) is 0 Å². The Kier molecular flexibility index (Phi) is 4.58. The predicted octanol–water partition coefficient (Wildman–Crippen LogP) is 1.43. The quantitative estimate of drug-likeness (QED) is 0.722. The summed E-state index contributed by atoms with van der Waals surface area (Å²) in [7, 11) is 0. The van der Waals surface area contributed by atoms with Crippen molar-refractivity contribution in [1.29, 1.82) is 0 Å². The molecule has 0 aromatic rings. The van der Waals surface area contributed by atoms with Gasteiger partial charge in [-0.3, -0.25) is 4.79 Å². The van der Waals surface area contributed by atoms with Crippen molar-refractivity contribution in [1.82, 2.24) is 10.2 Å². The molecule has 0 saturated heterocycles. The molecule has 2 N–H and O–H groups in total. The molecule has 5 nitrogen and oxygen atoms in total.